The van der Waals surface area contributed by atoms with Crippen LogP contribution < -0.4 is 15.8 Å². The Balaban J connectivity index is 0.00000288. The van der Waals surface area contributed by atoms with Crippen molar-refractivity contribution in [3.8, 4) is 5.75 Å². The number of ether oxygens (including phenoxy) is 1. The van der Waals surface area contributed by atoms with Gasteiger partial charge in [0.2, 0.25) is 0 Å². The van der Waals surface area contributed by atoms with Gasteiger partial charge in [0.15, 0.2) is 5.96 Å². The van der Waals surface area contributed by atoms with Crippen LogP contribution in [0.15, 0.2) is 28.6 Å². The van der Waals surface area contributed by atoms with Crippen LogP contribution in [0, 0.1) is 0 Å². The van der Waals surface area contributed by atoms with Crippen LogP contribution in [0.2, 0.25) is 5.02 Å². The maximum atomic E-state index is 6.08. The molecule has 8 heteroatoms. The monoisotopic (exact) mass is 480 g/mol. The summed E-state index contributed by atoms with van der Waals surface area (Å²) in [5, 5.41) is 6.52. The van der Waals surface area contributed by atoms with Crippen molar-refractivity contribution < 1.29 is 4.74 Å². The minimum atomic E-state index is 0. The molecular weight excluding hydrogens is 459 g/mol. The van der Waals surface area contributed by atoms with Crippen LogP contribution >= 0.6 is 46.9 Å². The lowest BCUT2D eigenvalue weighted by molar-refractivity contribution is 0.415. The third kappa shape index (κ3) is 5.78. The van der Waals surface area contributed by atoms with Crippen molar-refractivity contribution in [3.63, 3.8) is 0 Å². The molecule has 0 bridgehead atoms. The van der Waals surface area contributed by atoms with Crippen LogP contribution in [0.25, 0.3) is 0 Å². The summed E-state index contributed by atoms with van der Waals surface area (Å²) in [6, 6.07) is 5.34. The number of methoxy groups -OCH3 is 1. The summed E-state index contributed by atoms with van der Waals surface area (Å²) in [6.07, 6.45) is 0. The predicted octanol–water partition coefficient (Wildman–Crippen LogP) is 4.65. The highest BCUT2D eigenvalue weighted by molar-refractivity contribution is 14.0. The molecule has 24 heavy (non-hydrogen) atoms. The van der Waals surface area contributed by atoms with E-state index in [1.807, 2.05) is 6.07 Å². The number of rotatable bonds is 4. The second kappa shape index (κ2) is 8.87. The molecule has 0 radical (unpaired) electrons. The number of aliphatic imine (C=N–C) groups is 1. The fraction of sp³-hybridized carbons (Fsp3) is 0.375. The zero-order chi connectivity index (χ0) is 17.0. The molecule has 0 spiro atoms. The molecule has 0 aliphatic carbocycles. The highest BCUT2D eigenvalue weighted by Crippen LogP contribution is 2.27. The molecular formula is C16H22ClIN4OS. The van der Waals surface area contributed by atoms with Gasteiger partial charge in [0.25, 0.3) is 0 Å². The Hall–Kier alpha value is -1.06. The van der Waals surface area contributed by atoms with E-state index in [2.05, 4.69) is 41.4 Å². The molecule has 0 atom stereocenters. The molecule has 0 saturated carbocycles. The highest BCUT2D eigenvalue weighted by Gasteiger charge is 2.17. The second-order valence-electron chi connectivity index (χ2n) is 6.05. The van der Waals surface area contributed by atoms with E-state index < -0.39 is 0 Å². The topological polar surface area (TPSA) is 72.5 Å². The minimum Gasteiger partial charge on any atom is -0.495 e. The van der Waals surface area contributed by atoms with E-state index in [-0.39, 0.29) is 29.4 Å². The fourth-order valence-corrected chi connectivity index (χ4v) is 3.01. The van der Waals surface area contributed by atoms with Crippen LogP contribution in [-0.4, -0.2) is 18.1 Å². The Morgan fingerprint density at radius 3 is 2.67 bits per heavy atom. The quantitative estimate of drug-likeness (QED) is 0.380. The summed E-state index contributed by atoms with van der Waals surface area (Å²) in [7, 11) is 1.57. The lowest BCUT2D eigenvalue weighted by Crippen LogP contribution is -2.22. The molecule has 1 aromatic carbocycles. The lowest BCUT2D eigenvalue weighted by atomic mass is 9.93. The van der Waals surface area contributed by atoms with Crippen molar-refractivity contribution in [2.75, 3.05) is 12.4 Å². The summed E-state index contributed by atoms with van der Waals surface area (Å²) in [6.45, 7) is 6.86. The maximum absolute atomic E-state index is 6.08. The van der Waals surface area contributed by atoms with E-state index in [4.69, 9.17) is 22.1 Å². The van der Waals surface area contributed by atoms with Gasteiger partial charge in [0.05, 0.1) is 24.4 Å². The molecule has 0 fully saturated rings. The molecule has 3 N–H and O–H groups in total. The standard InChI is InChI=1S/C16H21ClN4OS.HI/c1-16(2,3)13-9-23-14(21-13)8-19-15(18)20-10-5-6-12(22-4)11(17)7-10;/h5-7,9H,8H2,1-4H3,(H3,18,19,20);1H. The minimum absolute atomic E-state index is 0. The van der Waals surface area contributed by atoms with E-state index in [0.29, 0.717) is 23.3 Å². The van der Waals surface area contributed by atoms with Crippen LogP contribution in [0.1, 0.15) is 31.5 Å². The number of aromatic nitrogens is 1. The number of nitrogens with one attached hydrogen (secondary N) is 1. The molecule has 1 aromatic heterocycles. The van der Waals surface area contributed by atoms with Crippen molar-refractivity contribution in [2.24, 2.45) is 10.7 Å². The van der Waals surface area contributed by atoms with Gasteiger partial charge in [0.1, 0.15) is 10.8 Å². The van der Waals surface area contributed by atoms with Gasteiger partial charge in [-0.25, -0.2) is 9.98 Å². The number of hydrogen-bond acceptors (Lipinski definition) is 4. The van der Waals surface area contributed by atoms with Gasteiger partial charge in [-0.3, -0.25) is 0 Å². The Bertz CT molecular complexity index is 712. The molecule has 0 amide bonds. The molecule has 5 nitrogen and oxygen atoms in total. The summed E-state index contributed by atoms with van der Waals surface area (Å²) in [5.74, 6) is 0.934. The summed E-state index contributed by atoms with van der Waals surface area (Å²) < 4.78 is 5.11. The van der Waals surface area contributed by atoms with Gasteiger partial charge in [0, 0.05) is 16.5 Å². The first-order valence-electron chi connectivity index (χ1n) is 7.15. The third-order valence-corrected chi connectivity index (χ3v) is 4.26. The van der Waals surface area contributed by atoms with Gasteiger partial charge in [-0.2, -0.15) is 0 Å². The van der Waals surface area contributed by atoms with Crippen molar-refractivity contribution >= 4 is 58.6 Å². The average Bonchev–Trinajstić information content (AvgIpc) is 2.94. The molecule has 0 unspecified atom stereocenters. The first kappa shape index (κ1) is 21.0. The van der Waals surface area contributed by atoms with Crippen molar-refractivity contribution in [2.45, 2.75) is 32.7 Å². The predicted molar refractivity (Wildman–Crippen MR) is 113 cm³/mol. The molecule has 0 aliphatic rings. The van der Waals surface area contributed by atoms with E-state index in [1.165, 1.54) is 0 Å². The van der Waals surface area contributed by atoms with E-state index in [0.717, 1.165) is 16.4 Å². The van der Waals surface area contributed by atoms with E-state index >= 15 is 0 Å². The SMILES string of the molecule is COc1ccc(NC(N)=NCc2nc(C(C)(C)C)cs2)cc1Cl.I. The molecule has 2 rings (SSSR count). The number of thiazole rings is 1. The first-order valence-corrected chi connectivity index (χ1v) is 8.40. The van der Waals surface area contributed by atoms with Crippen LogP contribution in [0.5, 0.6) is 5.75 Å². The Labute approximate surface area is 168 Å². The van der Waals surface area contributed by atoms with Crippen LogP contribution in [0.3, 0.4) is 0 Å². The lowest BCUT2D eigenvalue weighted by Gasteiger charge is -2.14. The van der Waals surface area contributed by atoms with E-state index in [1.54, 1.807) is 30.6 Å². The van der Waals surface area contributed by atoms with Crippen molar-refractivity contribution in [3.05, 3.63) is 39.3 Å². The fourth-order valence-electron chi connectivity index (χ4n) is 1.81. The number of hydrogen-bond donors (Lipinski definition) is 2. The molecule has 1 heterocycles. The highest BCUT2D eigenvalue weighted by atomic mass is 127. The smallest absolute Gasteiger partial charge is 0.193 e. The maximum Gasteiger partial charge on any atom is 0.193 e. The van der Waals surface area contributed by atoms with Gasteiger partial charge >= 0.3 is 0 Å². The normalized spacial score (nSPS) is 11.8. The average molecular weight is 481 g/mol. The molecule has 0 aliphatic heterocycles. The van der Waals surface area contributed by atoms with Gasteiger partial charge in [-0.05, 0) is 18.2 Å². The number of guanidine groups is 1. The summed E-state index contributed by atoms with van der Waals surface area (Å²) in [5.41, 5.74) is 7.78. The zero-order valence-corrected chi connectivity index (χ0v) is 18.0. The summed E-state index contributed by atoms with van der Waals surface area (Å²) >= 11 is 7.67. The molecule has 132 valence electrons. The molecule has 2 aromatic rings. The molecule has 0 saturated heterocycles. The van der Waals surface area contributed by atoms with Gasteiger partial charge in [-0.15, -0.1) is 35.3 Å². The Morgan fingerprint density at radius 1 is 1.42 bits per heavy atom. The zero-order valence-electron chi connectivity index (χ0n) is 14.1. The number of anilines is 1. The summed E-state index contributed by atoms with van der Waals surface area (Å²) in [4.78, 5) is 8.90. The number of nitrogens with zero attached hydrogens (tertiary/aromatic N) is 2. The third-order valence-electron chi connectivity index (χ3n) is 3.13. The van der Waals surface area contributed by atoms with Crippen LogP contribution in [-0.2, 0) is 12.0 Å². The van der Waals surface area contributed by atoms with Crippen molar-refractivity contribution in [1.82, 2.24) is 4.98 Å². The second-order valence-corrected chi connectivity index (χ2v) is 7.40. The van der Waals surface area contributed by atoms with Crippen molar-refractivity contribution in [1.29, 1.82) is 0 Å². The first-order chi connectivity index (χ1) is 10.8. The van der Waals surface area contributed by atoms with Crippen LogP contribution in [0.4, 0.5) is 5.69 Å². The number of benzene rings is 1. The van der Waals surface area contributed by atoms with E-state index in [9.17, 15) is 0 Å². The number of halogens is 2. The number of nitrogens with two attached hydrogens (primary N) is 1. The Kier molecular flexibility index (Phi) is 7.75. The van der Waals surface area contributed by atoms with Gasteiger partial charge < -0.3 is 15.8 Å². The largest absolute Gasteiger partial charge is 0.495 e. The van der Waals surface area contributed by atoms with Gasteiger partial charge in [-0.1, -0.05) is 32.4 Å². The Morgan fingerprint density at radius 2 is 2.12 bits per heavy atom.